The Morgan fingerprint density at radius 1 is 1.00 bits per heavy atom. The van der Waals surface area contributed by atoms with Crippen molar-refractivity contribution in [2.75, 3.05) is 6.61 Å². The largest absolute Gasteiger partial charge is 0.490 e. The molecule has 0 saturated carbocycles. The molecule has 0 aliphatic carbocycles. The SMILES string of the molecule is CCOc1cccc(CCl)c1OCc1c(F)cccc1F. The molecule has 2 rings (SSSR count). The average Bonchev–Trinajstić information content (AvgIpc) is 2.48. The predicted molar refractivity (Wildman–Crippen MR) is 77.9 cm³/mol. The molecule has 0 heterocycles. The Morgan fingerprint density at radius 2 is 1.67 bits per heavy atom. The molecule has 0 aliphatic heterocycles. The second-order valence-corrected chi connectivity index (χ2v) is 4.57. The third-order valence-corrected chi connectivity index (χ3v) is 3.21. The zero-order chi connectivity index (χ0) is 15.2. The number of rotatable bonds is 6. The Morgan fingerprint density at radius 3 is 2.29 bits per heavy atom. The smallest absolute Gasteiger partial charge is 0.166 e. The van der Waals surface area contributed by atoms with Crippen molar-refractivity contribution in [1.82, 2.24) is 0 Å². The van der Waals surface area contributed by atoms with E-state index in [9.17, 15) is 8.78 Å². The second-order valence-electron chi connectivity index (χ2n) is 4.30. The highest BCUT2D eigenvalue weighted by Crippen LogP contribution is 2.33. The maximum atomic E-state index is 13.6. The van der Waals surface area contributed by atoms with Gasteiger partial charge < -0.3 is 9.47 Å². The van der Waals surface area contributed by atoms with Gasteiger partial charge in [-0.1, -0.05) is 18.2 Å². The first-order valence-electron chi connectivity index (χ1n) is 6.53. The maximum absolute atomic E-state index is 13.6. The highest BCUT2D eigenvalue weighted by atomic mass is 35.5. The van der Waals surface area contributed by atoms with E-state index in [1.165, 1.54) is 18.2 Å². The van der Waals surface area contributed by atoms with Gasteiger partial charge in [-0.2, -0.15) is 0 Å². The summed E-state index contributed by atoms with van der Waals surface area (Å²) in [6.45, 7) is 2.07. The minimum Gasteiger partial charge on any atom is -0.490 e. The first-order valence-corrected chi connectivity index (χ1v) is 7.07. The van der Waals surface area contributed by atoms with Crippen LogP contribution in [-0.4, -0.2) is 6.61 Å². The summed E-state index contributed by atoms with van der Waals surface area (Å²) in [7, 11) is 0. The molecule has 0 atom stereocenters. The van der Waals surface area contributed by atoms with Gasteiger partial charge in [0, 0.05) is 5.56 Å². The first kappa shape index (κ1) is 15.6. The van der Waals surface area contributed by atoms with E-state index in [-0.39, 0.29) is 18.1 Å². The summed E-state index contributed by atoms with van der Waals surface area (Å²) in [6.07, 6.45) is 0. The number of para-hydroxylation sites is 1. The topological polar surface area (TPSA) is 18.5 Å². The standard InChI is InChI=1S/C16H15ClF2O2/c1-2-20-15-8-3-5-11(9-17)16(15)21-10-12-13(18)6-4-7-14(12)19/h3-8H,2,9-10H2,1H3. The molecule has 2 aromatic carbocycles. The van der Waals surface area contributed by atoms with E-state index in [1.54, 1.807) is 18.2 Å². The lowest BCUT2D eigenvalue weighted by Gasteiger charge is -2.15. The molecule has 0 unspecified atom stereocenters. The third kappa shape index (κ3) is 3.64. The van der Waals surface area contributed by atoms with E-state index in [0.29, 0.717) is 23.7 Å². The molecule has 0 fully saturated rings. The number of benzene rings is 2. The highest BCUT2D eigenvalue weighted by molar-refractivity contribution is 6.17. The molecule has 2 aromatic rings. The van der Waals surface area contributed by atoms with E-state index in [4.69, 9.17) is 21.1 Å². The van der Waals surface area contributed by atoms with Crippen molar-refractivity contribution in [3.63, 3.8) is 0 Å². The van der Waals surface area contributed by atoms with Crippen LogP contribution in [-0.2, 0) is 12.5 Å². The molecular formula is C16H15ClF2O2. The Labute approximate surface area is 127 Å². The van der Waals surface area contributed by atoms with Crippen LogP contribution in [0, 0.1) is 11.6 Å². The zero-order valence-electron chi connectivity index (χ0n) is 11.5. The molecule has 0 bridgehead atoms. The molecule has 0 aliphatic rings. The maximum Gasteiger partial charge on any atom is 0.166 e. The molecule has 0 spiro atoms. The van der Waals surface area contributed by atoms with Crippen molar-refractivity contribution < 1.29 is 18.3 Å². The van der Waals surface area contributed by atoms with Gasteiger partial charge in [-0.15, -0.1) is 11.6 Å². The number of alkyl halides is 1. The zero-order valence-corrected chi connectivity index (χ0v) is 12.3. The Kier molecular flexibility index (Phi) is 5.39. The van der Waals surface area contributed by atoms with Gasteiger partial charge in [0.15, 0.2) is 11.5 Å². The van der Waals surface area contributed by atoms with Crippen LogP contribution >= 0.6 is 11.6 Å². The summed E-state index contributed by atoms with van der Waals surface area (Å²) >= 11 is 5.86. The van der Waals surface area contributed by atoms with Crippen LogP contribution in [0.4, 0.5) is 8.78 Å². The van der Waals surface area contributed by atoms with E-state index in [1.807, 2.05) is 6.92 Å². The molecule has 0 N–H and O–H groups in total. The summed E-state index contributed by atoms with van der Waals surface area (Å²) in [5.41, 5.74) is 0.587. The van der Waals surface area contributed by atoms with Crippen LogP contribution < -0.4 is 9.47 Å². The lowest BCUT2D eigenvalue weighted by molar-refractivity contribution is 0.260. The number of hydrogen-bond donors (Lipinski definition) is 0. The van der Waals surface area contributed by atoms with Crippen LogP contribution in [0.25, 0.3) is 0 Å². The number of hydrogen-bond acceptors (Lipinski definition) is 2. The van der Waals surface area contributed by atoms with E-state index in [0.717, 1.165) is 0 Å². The van der Waals surface area contributed by atoms with Crippen LogP contribution in [0.3, 0.4) is 0 Å². The van der Waals surface area contributed by atoms with Crippen molar-refractivity contribution >= 4 is 11.6 Å². The minimum absolute atomic E-state index is 0.121. The Balaban J connectivity index is 2.27. The summed E-state index contributed by atoms with van der Waals surface area (Å²) in [4.78, 5) is 0. The van der Waals surface area contributed by atoms with Crippen molar-refractivity contribution in [2.45, 2.75) is 19.4 Å². The van der Waals surface area contributed by atoms with Gasteiger partial charge in [0.2, 0.25) is 0 Å². The van der Waals surface area contributed by atoms with Crippen LogP contribution in [0.15, 0.2) is 36.4 Å². The predicted octanol–water partition coefficient (Wildman–Crippen LogP) is 4.68. The van der Waals surface area contributed by atoms with Gasteiger partial charge in [-0.05, 0) is 25.1 Å². The highest BCUT2D eigenvalue weighted by Gasteiger charge is 2.14. The van der Waals surface area contributed by atoms with Crippen molar-refractivity contribution in [3.05, 3.63) is 59.2 Å². The van der Waals surface area contributed by atoms with Crippen molar-refractivity contribution in [2.24, 2.45) is 0 Å². The lowest BCUT2D eigenvalue weighted by Crippen LogP contribution is -2.05. The quantitative estimate of drug-likeness (QED) is 0.721. The molecule has 21 heavy (non-hydrogen) atoms. The fraction of sp³-hybridized carbons (Fsp3) is 0.250. The molecule has 0 amide bonds. The summed E-state index contributed by atoms with van der Waals surface area (Å²) < 4.78 is 38.2. The van der Waals surface area contributed by atoms with Crippen molar-refractivity contribution in [3.8, 4) is 11.5 Å². The third-order valence-electron chi connectivity index (χ3n) is 2.93. The van der Waals surface area contributed by atoms with Crippen molar-refractivity contribution in [1.29, 1.82) is 0 Å². The van der Waals surface area contributed by atoms with Crippen LogP contribution in [0.2, 0.25) is 0 Å². The van der Waals surface area contributed by atoms with Gasteiger partial charge in [-0.25, -0.2) is 8.78 Å². The summed E-state index contributed by atoms with van der Waals surface area (Å²) in [5.74, 6) is -0.146. The van der Waals surface area contributed by atoms with E-state index < -0.39 is 11.6 Å². The first-order chi connectivity index (χ1) is 10.2. The molecule has 0 radical (unpaired) electrons. The fourth-order valence-corrected chi connectivity index (χ4v) is 2.12. The number of halogens is 3. The molecule has 5 heteroatoms. The monoisotopic (exact) mass is 312 g/mol. The fourth-order valence-electron chi connectivity index (χ4n) is 1.91. The molecular weight excluding hydrogens is 298 g/mol. The average molecular weight is 313 g/mol. The van der Waals surface area contributed by atoms with Gasteiger partial charge >= 0.3 is 0 Å². The molecule has 112 valence electrons. The Hall–Kier alpha value is -1.81. The van der Waals surface area contributed by atoms with Gasteiger partial charge in [-0.3, -0.25) is 0 Å². The molecule has 2 nitrogen and oxygen atoms in total. The van der Waals surface area contributed by atoms with Gasteiger partial charge in [0.05, 0.1) is 18.1 Å². The summed E-state index contributed by atoms with van der Waals surface area (Å²) in [5, 5.41) is 0. The van der Waals surface area contributed by atoms with E-state index >= 15 is 0 Å². The summed E-state index contributed by atoms with van der Waals surface area (Å²) in [6, 6.07) is 9.00. The van der Waals surface area contributed by atoms with Crippen LogP contribution in [0.1, 0.15) is 18.1 Å². The van der Waals surface area contributed by atoms with E-state index in [2.05, 4.69) is 0 Å². The Bertz CT molecular complexity index is 597. The normalized spacial score (nSPS) is 10.5. The molecule has 0 saturated heterocycles. The lowest BCUT2D eigenvalue weighted by atomic mass is 10.2. The molecule has 0 aromatic heterocycles. The number of ether oxygens (including phenoxy) is 2. The minimum atomic E-state index is -0.642. The van der Waals surface area contributed by atoms with Gasteiger partial charge in [0.1, 0.15) is 18.2 Å². The second kappa shape index (κ2) is 7.27. The van der Waals surface area contributed by atoms with Gasteiger partial charge in [0.25, 0.3) is 0 Å². The van der Waals surface area contributed by atoms with Crippen LogP contribution in [0.5, 0.6) is 11.5 Å².